The summed E-state index contributed by atoms with van der Waals surface area (Å²) >= 11 is 11.9. The van der Waals surface area contributed by atoms with Gasteiger partial charge in [0.2, 0.25) is 11.5 Å². The van der Waals surface area contributed by atoms with E-state index in [1.807, 2.05) is 12.1 Å². The summed E-state index contributed by atoms with van der Waals surface area (Å²) in [6, 6.07) is 24.2. The molecule has 2 aromatic heterocycles. The first kappa shape index (κ1) is 54.7. The summed E-state index contributed by atoms with van der Waals surface area (Å²) in [5.74, 6) is -4.83. The van der Waals surface area contributed by atoms with Crippen molar-refractivity contribution in [3.8, 4) is 34.0 Å². The molecule has 0 aliphatic rings. The fourth-order valence-electron chi connectivity index (χ4n) is 6.65. The number of aliphatic hydroxyl groups is 2. The Morgan fingerprint density at radius 2 is 1.09 bits per heavy atom. The number of benzene rings is 4. The summed E-state index contributed by atoms with van der Waals surface area (Å²) in [5.41, 5.74) is 7.05. The Kier molecular flexibility index (Phi) is 19.8. The van der Waals surface area contributed by atoms with Crippen LogP contribution in [0.25, 0.3) is 22.3 Å². The summed E-state index contributed by atoms with van der Waals surface area (Å²) in [6.45, 7) is 1.79. The number of nitrogens with zero attached hydrogens (tertiary/aromatic N) is 2. The van der Waals surface area contributed by atoms with Crippen molar-refractivity contribution < 1.29 is 72.0 Å². The van der Waals surface area contributed by atoms with Gasteiger partial charge in [-0.1, -0.05) is 71.7 Å². The number of carboxylic acid groups (broad SMARTS) is 3. The minimum absolute atomic E-state index is 0.0550. The monoisotopic (exact) mass is 998 g/mol. The van der Waals surface area contributed by atoms with Crippen LogP contribution in [0, 0.1) is 22.5 Å². The molecule has 6 rings (SSSR count). The predicted molar refractivity (Wildman–Crippen MR) is 248 cm³/mol. The van der Waals surface area contributed by atoms with E-state index in [4.69, 9.17) is 43.3 Å². The minimum Gasteiger partial charge on any atom is -0.481 e. The van der Waals surface area contributed by atoms with Crippen LogP contribution >= 0.6 is 23.2 Å². The maximum atomic E-state index is 14.2. The maximum Gasteiger partial charge on any atom is 0.374 e. The number of hydrogen-bond donors (Lipinski definition) is 7. The number of aromatic nitrogens is 2. The quantitative estimate of drug-likeness (QED) is 0.0407. The van der Waals surface area contributed by atoms with E-state index in [0.29, 0.717) is 38.7 Å². The van der Waals surface area contributed by atoms with Crippen LogP contribution in [0.1, 0.15) is 58.9 Å². The molecule has 0 saturated carbocycles. The molecular weight excluding hydrogens is 949 g/mol. The van der Waals surface area contributed by atoms with E-state index in [0.717, 1.165) is 11.1 Å². The van der Waals surface area contributed by atoms with Gasteiger partial charge < -0.3 is 55.1 Å². The lowest BCUT2D eigenvalue weighted by molar-refractivity contribution is -0.152. The third-order valence-corrected chi connectivity index (χ3v) is 11.1. The number of aromatic carboxylic acids is 1. The summed E-state index contributed by atoms with van der Waals surface area (Å²) < 4.78 is 46.9. The topological polar surface area (TPSA) is 278 Å². The van der Waals surface area contributed by atoms with Gasteiger partial charge in [0.05, 0.1) is 50.4 Å². The number of carboxylic acids is 3. The molecule has 0 spiro atoms. The first-order valence-electron chi connectivity index (χ1n) is 20.7. The summed E-state index contributed by atoms with van der Waals surface area (Å²) in [4.78, 5) is 45.8. The first-order valence-corrected chi connectivity index (χ1v) is 21.5. The van der Waals surface area contributed by atoms with Gasteiger partial charge in [0.25, 0.3) is 17.7 Å². The highest BCUT2D eigenvalue weighted by Crippen LogP contribution is 2.30. The van der Waals surface area contributed by atoms with Gasteiger partial charge in [0, 0.05) is 33.3 Å². The van der Waals surface area contributed by atoms with Gasteiger partial charge in [-0.05, 0) is 108 Å². The zero-order valence-corrected chi connectivity index (χ0v) is 39.1. The van der Waals surface area contributed by atoms with Crippen LogP contribution in [0.2, 0.25) is 10.0 Å². The Hall–Kier alpha value is -6.90. The molecule has 4 atom stereocenters. The third kappa shape index (κ3) is 15.6. The second kappa shape index (κ2) is 24.9. The van der Waals surface area contributed by atoms with Gasteiger partial charge in [0.15, 0.2) is 0 Å². The molecule has 69 heavy (non-hydrogen) atoms. The van der Waals surface area contributed by atoms with Gasteiger partial charge >= 0.3 is 17.9 Å². The lowest BCUT2D eigenvalue weighted by Gasteiger charge is -2.28. The fraction of sp³-hybridized carbons (Fsp3) is 0.292. The molecule has 4 aromatic carbocycles. The van der Waals surface area contributed by atoms with E-state index in [2.05, 4.69) is 24.9 Å². The lowest BCUT2D eigenvalue weighted by atomic mass is 9.82. The van der Waals surface area contributed by atoms with Gasteiger partial charge in [-0.3, -0.25) is 14.4 Å². The zero-order valence-electron chi connectivity index (χ0n) is 37.6. The summed E-state index contributed by atoms with van der Waals surface area (Å²) in [7, 11) is 2.75. The molecule has 1 amide bonds. The van der Waals surface area contributed by atoms with Crippen molar-refractivity contribution in [2.24, 2.45) is 16.6 Å². The largest absolute Gasteiger partial charge is 0.481 e. The second-order valence-electron chi connectivity index (χ2n) is 16.2. The smallest absolute Gasteiger partial charge is 0.374 e. The molecule has 6 aromatic rings. The van der Waals surface area contributed by atoms with Crippen LogP contribution in [-0.4, -0.2) is 99.2 Å². The number of halogens is 4. The van der Waals surface area contributed by atoms with E-state index in [9.17, 15) is 48.4 Å². The Morgan fingerprint density at radius 1 is 0.667 bits per heavy atom. The molecule has 0 bridgehead atoms. The second-order valence-corrected chi connectivity index (χ2v) is 17.1. The first-order chi connectivity index (χ1) is 32.6. The van der Waals surface area contributed by atoms with Gasteiger partial charge in [-0.25, -0.2) is 13.6 Å². The van der Waals surface area contributed by atoms with E-state index in [1.165, 1.54) is 70.5 Å². The molecule has 0 radical (unpaired) electrons. The zero-order chi connectivity index (χ0) is 51.1. The van der Waals surface area contributed by atoms with Crippen LogP contribution in [0.15, 0.2) is 106 Å². The molecule has 368 valence electrons. The Balaban J connectivity index is 0.000000258. The average Bonchev–Trinajstić information content (AvgIpc) is 4.03. The Morgan fingerprint density at radius 3 is 1.48 bits per heavy atom. The van der Waals surface area contributed by atoms with Crippen molar-refractivity contribution >= 4 is 47.0 Å². The van der Waals surface area contributed by atoms with Crippen molar-refractivity contribution in [2.45, 2.75) is 51.6 Å². The van der Waals surface area contributed by atoms with Crippen LogP contribution in [-0.2, 0) is 22.4 Å². The van der Waals surface area contributed by atoms with Gasteiger partial charge in [-0.2, -0.15) is 0 Å². The third-order valence-electron chi connectivity index (χ3n) is 10.7. The number of amides is 1. The number of methoxy groups -OCH3 is 2. The number of carbonyl (C=O) groups excluding carboxylic acids is 1. The lowest BCUT2D eigenvalue weighted by Crippen LogP contribution is -2.44. The number of nitrogens with one attached hydrogen (secondary N) is 1. The highest BCUT2D eigenvalue weighted by atomic mass is 35.5. The van der Waals surface area contributed by atoms with E-state index in [-0.39, 0.29) is 48.4 Å². The number of hydrogen-bond acceptors (Lipinski definition) is 13. The number of carbonyl (C=O) groups is 4. The van der Waals surface area contributed by atoms with Crippen LogP contribution in [0.4, 0.5) is 8.78 Å². The molecule has 0 fully saturated rings. The van der Waals surface area contributed by atoms with Crippen molar-refractivity contribution in [1.29, 1.82) is 0 Å². The minimum atomic E-state index is -1.49. The molecule has 0 saturated heterocycles. The van der Waals surface area contributed by atoms with Crippen molar-refractivity contribution in [1.82, 2.24) is 15.6 Å². The average molecular weight is 1000 g/mol. The molecular formula is C48H50Cl2F2N4O13. The predicted octanol–water partition coefficient (Wildman–Crippen LogP) is 7.83. The number of ether oxygens (including phenoxy) is 2. The molecule has 0 aliphatic heterocycles. The van der Waals surface area contributed by atoms with Crippen LogP contribution in [0.5, 0.6) is 11.8 Å². The summed E-state index contributed by atoms with van der Waals surface area (Å²) in [5, 5.41) is 56.5. The Labute approximate surface area is 404 Å². The number of aliphatic hydroxyl groups excluding tert-OH is 2. The molecule has 8 N–H and O–H groups in total. The highest BCUT2D eigenvalue weighted by molar-refractivity contribution is 6.31. The maximum absolute atomic E-state index is 14.2. The van der Waals surface area contributed by atoms with Crippen LogP contribution < -0.4 is 20.5 Å². The van der Waals surface area contributed by atoms with E-state index >= 15 is 0 Å². The normalized spacial score (nSPS) is 13.4. The van der Waals surface area contributed by atoms with Crippen LogP contribution in [0.3, 0.4) is 0 Å². The van der Waals surface area contributed by atoms with Crippen molar-refractivity contribution in [3.05, 3.63) is 141 Å². The number of nitrogens with two attached hydrogens (primary N) is 1. The SMILES string of the molecule is COc1cc(C(=O)N[C@H](Cc2ccc(-c3cc(Cl)ccc3F)cc2)C[C@@](C)(CO)C(=O)O)on1.COc1cc(C(=O)O)on1.C[C@@](CO)(C[C@H](N)Cc1ccc(-c2cc(Cl)ccc2F)cc1)C(=O)O. The fourth-order valence-corrected chi connectivity index (χ4v) is 6.99. The molecule has 2 heterocycles. The van der Waals surface area contributed by atoms with Gasteiger partial charge in [0.1, 0.15) is 11.6 Å². The number of aliphatic carboxylic acids is 2. The van der Waals surface area contributed by atoms with E-state index in [1.54, 1.807) is 42.5 Å². The molecule has 17 nitrogen and oxygen atoms in total. The van der Waals surface area contributed by atoms with E-state index < -0.39 is 65.8 Å². The Bertz CT molecular complexity index is 2680. The molecule has 21 heteroatoms. The van der Waals surface area contributed by atoms with Crippen molar-refractivity contribution in [2.75, 3.05) is 27.4 Å². The highest BCUT2D eigenvalue weighted by Gasteiger charge is 2.37. The number of rotatable bonds is 19. The summed E-state index contributed by atoms with van der Waals surface area (Å²) in [6.07, 6.45) is 0.809. The van der Waals surface area contributed by atoms with Crippen molar-refractivity contribution in [3.63, 3.8) is 0 Å². The van der Waals surface area contributed by atoms with Gasteiger partial charge in [-0.15, -0.1) is 0 Å². The molecule has 0 unspecified atom stereocenters. The standard InChI is InChI=1S/C24H24ClFN2O6.C19H21ClFNO3.C5H5NO4/c1-24(13-29,23(31)32)12-17(27-22(30)20-11-21(33-2)28-34-20)9-14-3-5-15(6-4-14)18-10-16(25)7-8-19(18)26;1-19(11-23,18(24)25)10-15(22)8-12-2-4-13(5-3-12)16-9-14(20)6-7-17(16)21;1-9-4-2-3(5(7)8)10-6-4/h3-8,10-11,17,29H,9,12-13H2,1-2H3,(H,27,30)(H,31,32);2-7,9,15,23H,8,10-11,22H2,1H3,(H,24,25);2H,1H3,(H,7,8)/t17-,24+;15-,19+;/m11./s1. The molecule has 0 aliphatic carbocycles.